The van der Waals surface area contributed by atoms with E-state index in [4.69, 9.17) is 4.98 Å². The lowest BCUT2D eigenvalue weighted by Crippen LogP contribution is -1.94. The molecule has 1 N–H and O–H groups in total. The maximum Gasteiger partial charge on any atom is 0.156 e. The number of nitrogens with zero attached hydrogens (tertiary/aromatic N) is 2. The van der Waals surface area contributed by atoms with Crippen molar-refractivity contribution in [1.82, 2.24) is 15.0 Å². The topological polar surface area (TPSA) is 41.6 Å². The highest BCUT2D eigenvalue weighted by molar-refractivity contribution is 5.50. The van der Waals surface area contributed by atoms with Gasteiger partial charge in [0.15, 0.2) is 5.82 Å². The monoisotopic (exact) mass is 285 g/mol. The molecule has 3 heteroatoms. The van der Waals surface area contributed by atoms with Crippen LogP contribution < -0.4 is 0 Å². The normalized spacial score (nSPS) is 11.0. The van der Waals surface area contributed by atoms with Crippen LogP contribution in [0.2, 0.25) is 0 Å². The fourth-order valence-corrected chi connectivity index (χ4v) is 2.58. The van der Waals surface area contributed by atoms with Gasteiger partial charge in [-0.3, -0.25) is 4.98 Å². The van der Waals surface area contributed by atoms with Crippen molar-refractivity contribution in [3.05, 3.63) is 35.8 Å². The molecule has 0 amide bonds. The Kier molecular flexibility index (Phi) is 6.45. The number of imidazole rings is 1. The van der Waals surface area contributed by atoms with E-state index in [1.54, 1.807) is 0 Å². The van der Waals surface area contributed by atoms with Crippen LogP contribution in [-0.4, -0.2) is 15.0 Å². The van der Waals surface area contributed by atoms with Crippen LogP contribution in [0.25, 0.3) is 11.5 Å². The Morgan fingerprint density at radius 1 is 0.952 bits per heavy atom. The molecule has 0 saturated carbocycles. The summed E-state index contributed by atoms with van der Waals surface area (Å²) in [5.74, 6) is 0.925. The summed E-state index contributed by atoms with van der Waals surface area (Å²) in [7, 11) is 0. The van der Waals surface area contributed by atoms with Crippen molar-refractivity contribution in [3.63, 3.8) is 0 Å². The molecule has 0 bridgehead atoms. The predicted octanol–water partition coefficient (Wildman–Crippen LogP) is 4.94. The minimum Gasteiger partial charge on any atom is -0.340 e. The zero-order valence-electron chi connectivity index (χ0n) is 13.4. The standard InChI is InChI=1S/C18H27N3/c1-3-5-7-11-15-16(12-8-6-4-2)21-18(20-15)17-13-9-10-14-19-17/h9-10,13-14H,3-8,11-12H2,1-2H3,(H,20,21). The molecule has 0 fully saturated rings. The number of pyridine rings is 1. The van der Waals surface area contributed by atoms with Crippen LogP contribution in [0.15, 0.2) is 24.4 Å². The first-order valence-corrected chi connectivity index (χ1v) is 8.34. The molecule has 21 heavy (non-hydrogen) atoms. The SMILES string of the molecule is CCCCCc1nc(-c2ccccn2)[nH]c1CCCCC. The number of H-pyrrole nitrogens is 1. The second-order valence-electron chi connectivity index (χ2n) is 5.64. The van der Waals surface area contributed by atoms with Crippen molar-refractivity contribution in [2.45, 2.75) is 65.2 Å². The van der Waals surface area contributed by atoms with Crippen LogP contribution in [0.4, 0.5) is 0 Å². The Balaban J connectivity index is 2.13. The average Bonchev–Trinajstić information content (AvgIpc) is 2.92. The summed E-state index contributed by atoms with van der Waals surface area (Å²) in [4.78, 5) is 12.7. The second-order valence-corrected chi connectivity index (χ2v) is 5.64. The third-order valence-electron chi connectivity index (χ3n) is 3.82. The molecule has 2 rings (SSSR count). The lowest BCUT2D eigenvalue weighted by Gasteiger charge is -2.01. The molecule has 2 aromatic heterocycles. The van der Waals surface area contributed by atoms with Gasteiger partial charge in [0.1, 0.15) is 5.69 Å². The maximum absolute atomic E-state index is 4.81. The van der Waals surface area contributed by atoms with E-state index in [2.05, 4.69) is 23.8 Å². The van der Waals surface area contributed by atoms with Crippen LogP contribution in [-0.2, 0) is 12.8 Å². The van der Waals surface area contributed by atoms with Crippen molar-refractivity contribution in [2.75, 3.05) is 0 Å². The summed E-state index contributed by atoms with van der Waals surface area (Å²) in [5.41, 5.74) is 3.51. The summed E-state index contributed by atoms with van der Waals surface area (Å²) in [6.07, 6.45) is 11.5. The summed E-state index contributed by atoms with van der Waals surface area (Å²) < 4.78 is 0. The molecule has 3 nitrogen and oxygen atoms in total. The van der Waals surface area contributed by atoms with Gasteiger partial charge in [0.25, 0.3) is 0 Å². The van der Waals surface area contributed by atoms with Crippen molar-refractivity contribution >= 4 is 0 Å². The number of rotatable bonds is 9. The number of unbranched alkanes of at least 4 members (excludes halogenated alkanes) is 4. The maximum atomic E-state index is 4.81. The molecule has 0 unspecified atom stereocenters. The number of hydrogen-bond acceptors (Lipinski definition) is 2. The van der Waals surface area contributed by atoms with Gasteiger partial charge in [0.2, 0.25) is 0 Å². The highest BCUT2D eigenvalue weighted by atomic mass is 15.0. The van der Waals surface area contributed by atoms with Crippen molar-refractivity contribution < 1.29 is 0 Å². The van der Waals surface area contributed by atoms with Gasteiger partial charge in [-0.1, -0.05) is 45.6 Å². The van der Waals surface area contributed by atoms with Crippen molar-refractivity contribution in [3.8, 4) is 11.5 Å². The van der Waals surface area contributed by atoms with Gasteiger partial charge in [-0.05, 0) is 37.8 Å². The number of hydrogen-bond donors (Lipinski definition) is 1. The molecule has 0 atom stereocenters. The van der Waals surface area contributed by atoms with Crippen LogP contribution in [0.5, 0.6) is 0 Å². The number of aromatic nitrogens is 3. The van der Waals surface area contributed by atoms with E-state index in [1.165, 1.54) is 49.9 Å². The lowest BCUT2D eigenvalue weighted by atomic mass is 10.1. The van der Waals surface area contributed by atoms with Gasteiger partial charge in [0, 0.05) is 11.9 Å². The van der Waals surface area contributed by atoms with Crippen LogP contribution in [0.3, 0.4) is 0 Å². The summed E-state index contributed by atoms with van der Waals surface area (Å²) in [6.45, 7) is 4.49. The number of aromatic amines is 1. The zero-order valence-corrected chi connectivity index (χ0v) is 13.4. The van der Waals surface area contributed by atoms with E-state index in [0.717, 1.165) is 24.4 Å². The first kappa shape index (κ1) is 15.7. The number of aryl methyl sites for hydroxylation is 2. The molecule has 114 valence electrons. The zero-order chi connectivity index (χ0) is 14.9. The fourth-order valence-electron chi connectivity index (χ4n) is 2.58. The Labute approximate surface area is 128 Å². The average molecular weight is 285 g/mol. The Morgan fingerprint density at radius 2 is 1.71 bits per heavy atom. The van der Waals surface area contributed by atoms with Crippen LogP contribution in [0.1, 0.15) is 63.8 Å². The molecule has 0 radical (unpaired) electrons. The van der Waals surface area contributed by atoms with Crippen LogP contribution >= 0.6 is 0 Å². The van der Waals surface area contributed by atoms with Crippen molar-refractivity contribution in [1.29, 1.82) is 0 Å². The predicted molar refractivity (Wildman–Crippen MR) is 88.3 cm³/mol. The summed E-state index contributed by atoms with van der Waals surface area (Å²) >= 11 is 0. The van der Waals surface area contributed by atoms with Gasteiger partial charge in [-0.2, -0.15) is 0 Å². The molecule has 2 aromatic rings. The first-order valence-electron chi connectivity index (χ1n) is 8.34. The first-order chi connectivity index (χ1) is 10.3. The summed E-state index contributed by atoms with van der Waals surface area (Å²) in [6, 6.07) is 5.97. The van der Waals surface area contributed by atoms with E-state index in [1.807, 2.05) is 24.4 Å². The third-order valence-corrected chi connectivity index (χ3v) is 3.82. The van der Waals surface area contributed by atoms with Gasteiger partial charge in [0.05, 0.1) is 5.69 Å². The largest absolute Gasteiger partial charge is 0.340 e. The van der Waals surface area contributed by atoms with E-state index >= 15 is 0 Å². The molecule has 0 aromatic carbocycles. The van der Waals surface area contributed by atoms with Crippen LogP contribution in [0, 0.1) is 0 Å². The van der Waals surface area contributed by atoms with E-state index in [9.17, 15) is 0 Å². The molecule has 0 spiro atoms. The van der Waals surface area contributed by atoms with Crippen molar-refractivity contribution in [2.24, 2.45) is 0 Å². The minimum atomic E-state index is 0.925. The Hall–Kier alpha value is -1.64. The molecule has 0 aliphatic rings. The van der Waals surface area contributed by atoms with E-state index in [-0.39, 0.29) is 0 Å². The van der Waals surface area contributed by atoms with Gasteiger partial charge < -0.3 is 4.98 Å². The molecule has 2 heterocycles. The Bertz CT molecular complexity index is 489. The van der Waals surface area contributed by atoms with Gasteiger partial charge >= 0.3 is 0 Å². The smallest absolute Gasteiger partial charge is 0.156 e. The van der Waals surface area contributed by atoms with E-state index in [0.29, 0.717) is 0 Å². The van der Waals surface area contributed by atoms with Gasteiger partial charge in [-0.25, -0.2) is 4.98 Å². The molecule has 0 aliphatic heterocycles. The quantitative estimate of drug-likeness (QED) is 0.663. The number of nitrogens with one attached hydrogen (secondary N) is 1. The molecule has 0 aliphatic carbocycles. The molecule has 0 saturated heterocycles. The lowest BCUT2D eigenvalue weighted by molar-refractivity contribution is 0.683. The second kappa shape index (κ2) is 8.60. The van der Waals surface area contributed by atoms with Gasteiger partial charge in [-0.15, -0.1) is 0 Å². The highest BCUT2D eigenvalue weighted by Crippen LogP contribution is 2.19. The minimum absolute atomic E-state index is 0.925. The summed E-state index contributed by atoms with van der Waals surface area (Å²) in [5, 5.41) is 0. The Morgan fingerprint density at radius 3 is 2.38 bits per heavy atom. The molecular weight excluding hydrogens is 258 g/mol. The highest BCUT2D eigenvalue weighted by Gasteiger charge is 2.11. The third kappa shape index (κ3) is 4.69. The van der Waals surface area contributed by atoms with E-state index < -0.39 is 0 Å². The fraction of sp³-hybridized carbons (Fsp3) is 0.556. The molecular formula is C18H27N3.